The standard InChI is InChI=1S/C17H26N2O2/c1-4-11-21-16-10-8-7-9-15(16)13-19-17(20)18-12-14(5-2)6-3/h4,7-10,14H,1,5-6,11-13H2,2-3H3,(H2,18,19,20). The number of ether oxygens (including phenoxy) is 1. The number of rotatable bonds is 9. The molecule has 1 aromatic carbocycles. The van der Waals surface area contributed by atoms with Crippen LogP contribution in [0.3, 0.4) is 0 Å². The summed E-state index contributed by atoms with van der Waals surface area (Å²) in [6, 6.07) is 7.54. The van der Waals surface area contributed by atoms with Crippen molar-refractivity contribution in [3.8, 4) is 5.75 Å². The number of hydrogen-bond donors (Lipinski definition) is 2. The number of carbonyl (C=O) groups excluding carboxylic acids is 1. The van der Waals surface area contributed by atoms with E-state index >= 15 is 0 Å². The van der Waals surface area contributed by atoms with Gasteiger partial charge in [0.25, 0.3) is 0 Å². The second-order valence-corrected chi connectivity index (χ2v) is 4.95. The molecule has 21 heavy (non-hydrogen) atoms. The first kappa shape index (κ1) is 17.1. The third kappa shape index (κ3) is 6.34. The molecule has 0 saturated heterocycles. The van der Waals surface area contributed by atoms with Gasteiger partial charge in [-0.25, -0.2) is 4.79 Å². The van der Waals surface area contributed by atoms with E-state index in [0.29, 0.717) is 25.6 Å². The smallest absolute Gasteiger partial charge is 0.315 e. The lowest BCUT2D eigenvalue weighted by atomic mass is 10.0. The Morgan fingerprint density at radius 3 is 2.67 bits per heavy atom. The van der Waals surface area contributed by atoms with Gasteiger partial charge >= 0.3 is 6.03 Å². The Bertz CT molecular complexity index is 442. The second kappa shape index (κ2) is 9.86. The zero-order valence-electron chi connectivity index (χ0n) is 13.0. The number of hydrogen-bond acceptors (Lipinski definition) is 2. The topological polar surface area (TPSA) is 50.4 Å². The first-order valence-electron chi connectivity index (χ1n) is 7.54. The van der Waals surface area contributed by atoms with Crippen LogP contribution in [0.25, 0.3) is 0 Å². The molecular weight excluding hydrogens is 264 g/mol. The molecule has 2 amide bonds. The van der Waals surface area contributed by atoms with Crippen molar-refractivity contribution in [3.05, 3.63) is 42.5 Å². The molecule has 2 N–H and O–H groups in total. The highest BCUT2D eigenvalue weighted by molar-refractivity contribution is 5.73. The van der Waals surface area contributed by atoms with Gasteiger partial charge in [-0.15, -0.1) is 0 Å². The molecule has 0 aliphatic carbocycles. The van der Waals surface area contributed by atoms with Crippen molar-refractivity contribution in [2.75, 3.05) is 13.2 Å². The minimum atomic E-state index is -0.138. The highest BCUT2D eigenvalue weighted by Crippen LogP contribution is 2.17. The predicted molar refractivity (Wildman–Crippen MR) is 86.4 cm³/mol. The Morgan fingerprint density at radius 2 is 2.00 bits per heavy atom. The fraction of sp³-hybridized carbons (Fsp3) is 0.471. The summed E-state index contributed by atoms with van der Waals surface area (Å²) in [5, 5.41) is 5.77. The molecule has 0 heterocycles. The summed E-state index contributed by atoms with van der Waals surface area (Å²) in [6.07, 6.45) is 3.86. The second-order valence-electron chi connectivity index (χ2n) is 4.95. The number of para-hydroxylation sites is 1. The van der Waals surface area contributed by atoms with Gasteiger partial charge in [-0.1, -0.05) is 57.5 Å². The highest BCUT2D eigenvalue weighted by atomic mass is 16.5. The number of nitrogens with one attached hydrogen (secondary N) is 2. The first-order valence-corrected chi connectivity index (χ1v) is 7.54. The molecule has 1 aromatic rings. The van der Waals surface area contributed by atoms with E-state index in [-0.39, 0.29) is 6.03 Å². The molecule has 0 bridgehead atoms. The Kier molecular flexibility index (Phi) is 8.02. The third-order valence-electron chi connectivity index (χ3n) is 3.47. The van der Waals surface area contributed by atoms with Gasteiger partial charge in [0.1, 0.15) is 12.4 Å². The zero-order chi connectivity index (χ0) is 15.5. The minimum absolute atomic E-state index is 0.138. The molecule has 0 aromatic heterocycles. The fourth-order valence-electron chi connectivity index (χ4n) is 1.99. The summed E-state index contributed by atoms with van der Waals surface area (Å²) in [6.45, 7) is 9.53. The van der Waals surface area contributed by atoms with E-state index in [4.69, 9.17) is 4.74 Å². The van der Waals surface area contributed by atoms with Crippen LogP contribution < -0.4 is 15.4 Å². The van der Waals surface area contributed by atoms with Crippen LogP contribution in [0.15, 0.2) is 36.9 Å². The van der Waals surface area contributed by atoms with Gasteiger partial charge < -0.3 is 15.4 Å². The van der Waals surface area contributed by atoms with E-state index in [9.17, 15) is 4.79 Å². The Morgan fingerprint density at radius 1 is 1.29 bits per heavy atom. The highest BCUT2D eigenvalue weighted by Gasteiger charge is 2.07. The number of benzene rings is 1. The Hall–Kier alpha value is -1.97. The fourth-order valence-corrected chi connectivity index (χ4v) is 1.99. The first-order chi connectivity index (χ1) is 10.2. The molecule has 1 rings (SSSR count). The summed E-state index contributed by atoms with van der Waals surface area (Å²) < 4.78 is 5.56. The molecule has 0 aliphatic heterocycles. The van der Waals surface area contributed by atoms with Crippen molar-refractivity contribution >= 4 is 6.03 Å². The van der Waals surface area contributed by atoms with Crippen LogP contribution in [-0.4, -0.2) is 19.2 Å². The quantitative estimate of drug-likeness (QED) is 0.684. The van der Waals surface area contributed by atoms with Crippen LogP contribution in [0.1, 0.15) is 32.3 Å². The molecule has 4 nitrogen and oxygen atoms in total. The van der Waals surface area contributed by atoms with E-state index in [0.717, 1.165) is 24.2 Å². The molecular formula is C17H26N2O2. The van der Waals surface area contributed by atoms with Crippen LogP contribution in [0.4, 0.5) is 4.79 Å². The minimum Gasteiger partial charge on any atom is -0.489 e. The molecule has 0 aliphatic rings. The van der Waals surface area contributed by atoms with Crippen LogP contribution in [0.5, 0.6) is 5.75 Å². The average molecular weight is 290 g/mol. The van der Waals surface area contributed by atoms with Crippen molar-refractivity contribution in [1.82, 2.24) is 10.6 Å². The maximum Gasteiger partial charge on any atom is 0.315 e. The van der Waals surface area contributed by atoms with Crippen LogP contribution >= 0.6 is 0 Å². The van der Waals surface area contributed by atoms with E-state index in [1.165, 1.54) is 0 Å². The molecule has 0 atom stereocenters. The van der Waals surface area contributed by atoms with Gasteiger partial charge in [0.05, 0.1) is 0 Å². The number of carbonyl (C=O) groups is 1. The average Bonchev–Trinajstić information content (AvgIpc) is 2.52. The number of amides is 2. The van der Waals surface area contributed by atoms with Crippen molar-refractivity contribution < 1.29 is 9.53 Å². The Balaban J connectivity index is 2.43. The summed E-state index contributed by atoms with van der Waals surface area (Å²) in [5.41, 5.74) is 0.956. The zero-order valence-corrected chi connectivity index (χ0v) is 13.0. The summed E-state index contributed by atoms with van der Waals surface area (Å²) in [5.74, 6) is 1.32. The third-order valence-corrected chi connectivity index (χ3v) is 3.47. The van der Waals surface area contributed by atoms with Crippen LogP contribution in [-0.2, 0) is 6.54 Å². The van der Waals surface area contributed by atoms with E-state index in [2.05, 4.69) is 31.1 Å². The van der Waals surface area contributed by atoms with E-state index < -0.39 is 0 Å². The molecule has 0 fully saturated rings. The van der Waals surface area contributed by atoms with Crippen LogP contribution in [0.2, 0.25) is 0 Å². The lowest BCUT2D eigenvalue weighted by Gasteiger charge is -2.15. The van der Waals surface area contributed by atoms with E-state index in [1.54, 1.807) is 6.08 Å². The number of urea groups is 1. The predicted octanol–water partition coefficient (Wildman–Crippen LogP) is 3.49. The monoisotopic (exact) mass is 290 g/mol. The van der Waals surface area contributed by atoms with Gasteiger partial charge in [-0.3, -0.25) is 0 Å². The summed E-state index contributed by atoms with van der Waals surface area (Å²) in [7, 11) is 0. The van der Waals surface area contributed by atoms with Crippen molar-refractivity contribution in [2.45, 2.75) is 33.2 Å². The van der Waals surface area contributed by atoms with E-state index in [1.807, 2.05) is 24.3 Å². The normalized spacial score (nSPS) is 10.2. The molecule has 0 saturated carbocycles. The molecule has 0 spiro atoms. The molecule has 0 unspecified atom stereocenters. The molecule has 4 heteroatoms. The summed E-state index contributed by atoms with van der Waals surface area (Å²) in [4.78, 5) is 11.8. The molecule has 116 valence electrons. The van der Waals surface area contributed by atoms with Gasteiger partial charge in [-0.05, 0) is 12.0 Å². The lowest BCUT2D eigenvalue weighted by molar-refractivity contribution is 0.238. The van der Waals surface area contributed by atoms with Gasteiger partial charge in [0.2, 0.25) is 0 Å². The molecule has 0 radical (unpaired) electrons. The van der Waals surface area contributed by atoms with Crippen molar-refractivity contribution in [1.29, 1.82) is 0 Å². The van der Waals surface area contributed by atoms with Gasteiger partial charge in [0, 0.05) is 18.7 Å². The maximum absolute atomic E-state index is 11.8. The van der Waals surface area contributed by atoms with Crippen molar-refractivity contribution in [3.63, 3.8) is 0 Å². The lowest BCUT2D eigenvalue weighted by Crippen LogP contribution is -2.37. The Labute approximate surface area is 127 Å². The van der Waals surface area contributed by atoms with Crippen molar-refractivity contribution in [2.24, 2.45) is 5.92 Å². The van der Waals surface area contributed by atoms with Crippen LogP contribution in [0, 0.1) is 5.92 Å². The van der Waals surface area contributed by atoms with Gasteiger partial charge in [0.15, 0.2) is 0 Å². The largest absolute Gasteiger partial charge is 0.489 e. The maximum atomic E-state index is 11.8. The summed E-state index contributed by atoms with van der Waals surface area (Å²) >= 11 is 0. The van der Waals surface area contributed by atoms with Gasteiger partial charge in [-0.2, -0.15) is 0 Å². The SMILES string of the molecule is C=CCOc1ccccc1CNC(=O)NCC(CC)CC.